The minimum Gasteiger partial charge on any atom is -0.375 e. The van der Waals surface area contributed by atoms with Crippen LogP contribution in [0.25, 0.3) is 0 Å². The van der Waals surface area contributed by atoms with Crippen molar-refractivity contribution >= 4 is 28.9 Å². The third kappa shape index (κ3) is 4.76. The van der Waals surface area contributed by atoms with Crippen molar-refractivity contribution in [3.63, 3.8) is 0 Å². The number of rotatable bonds is 7. The molecule has 0 spiro atoms. The zero-order valence-electron chi connectivity index (χ0n) is 15.8. The van der Waals surface area contributed by atoms with Crippen LogP contribution < -0.4 is 15.5 Å². The van der Waals surface area contributed by atoms with Crippen molar-refractivity contribution in [2.75, 3.05) is 28.6 Å². The van der Waals surface area contributed by atoms with E-state index in [-0.39, 0.29) is 18.4 Å². The average Bonchev–Trinajstić information content (AvgIpc) is 2.74. The third-order valence-corrected chi connectivity index (χ3v) is 4.32. The maximum absolute atomic E-state index is 12.7. The van der Waals surface area contributed by atoms with Crippen molar-refractivity contribution in [2.45, 2.75) is 6.92 Å². The lowest BCUT2D eigenvalue weighted by Gasteiger charge is -2.22. The molecule has 0 aliphatic heterocycles. The zero-order chi connectivity index (χ0) is 19.8. The van der Waals surface area contributed by atoms with Crippen LogP contribution in [0.5, 0.6) is 0 Å². The first-order valence-corrected chi connectivity index (χ1v) is 9.23. The number of nitrogens with one attached hydrogen (secondary N) is 2. The van der Waals surface area contributed by atoms with Gasteiger partial charge in [0.1, 0.15) is 0 Å². The SMILES string of the molecule is CCN(C(=O)CNc1ccccc1C(=O)Nc1ccccc1)c1ccccc1. The fourth-order valence-corrected chi connectivity index (χ4v) is 2.93. The van der Waals surface area contributed by atoms with E-state index >= 15 is 0 Å². The van der Waals surface area contributed by atoms with Crippen molar-refractivity contribution in [2.24, 2.45) is 0 Å². The van der Waals surface area contributed by atoms with Gasteiger partial charge in [0.15, 0.2) is 0 Å². The molecule has 2 N–H and O–H groups in total. The molecule has 0 heterocycles. The summed E-state index contributed by atoms with van der Waals surface area (Å²) in [5.41, 5.74) is 2.68. The lowest BCUT2D eigenvalue weighted by Crippen LogP contribution is -2.35. The highest BCUT2D eigenvalue weighted by Crippen LogP contribution is 2.18. The second-order valence-electron chi connectivity index (χ2n) is 6.19. The maximum Gasteiger partial charge on any atom is 0.257 e. The molecule has 0 saturated heterocycles. The van der Waals surface area contributed by atoms with E-state index in [1.54, 1.807) is 23.1 Å². The number of para-hydroxylation sites is 3. The second kappa shape index (κ2) is 9.37. The van der Waals surface area contributed by atoms with Gasteiger partial charge in [-0.1, -0.05) is 48.5 Å². The van der Waals surface area contributed by atoms with E-state index in [1.807, 2.05) is 73.7 Å². The lowest BCUT2D eigenvalue weighted by atomic mass is 10.1. The number of benzene rings is 3. The van der Waals surface area contributed by atoms with Gasteiger partial charge in [-0.05, 0) is 43.3 Å². The van der Waals surface area contributed by atoms with Gasteiger partial charge >= 0.3 is 0 Å². The minimum absolute atomic E-state index is 0.0630. The first kappa shape index (κ1) is 19.2. The molecule has 3 aromatic rings. The van der Waals surface area contributed by atoms with E-state index in [0.717, 1.165) is 11.4 Å². The Labute approximate surface area is 165 Å². The molecule has 5 heteroatoms. The molecule has 0 atom stereocenters. The molecule has 2 amide bonds. The van der Waals surface area contributed by atoms with Crippen molar-refractivity contribution in [1.82, 2.24) is 0 Å². The van der Waals surface area contributed by atoms with Crippen LogP contribution in [0.1, 0.15) is 17.3 Å². The Kier molecular flexibility index (Phi) is 6.41. The summed E-state index contributed by atoms with van der Waals surface area (Å²) < 4.78 is 0. The summed E-state index contributed by atoms with van der Waals surface area (Å²) in [5, 5.41) is 5.98. The maximum atomic E-state index is 12.7. The largest absolute Gasteiger partial charge is 0.375 e. The third-order valence-electron chi connectivity index (χ3n) is 4.32. The molecular formula is C23H23N3O2. The molecule has 0 aromatic heterocycles. The van der Waals surface area contributed by atoms with E-state index in [4.69, 9.17) is 0 Å². The summed E-state index contributed by atoms with van der Waals surface area (Å²) in [6.07, 6.45) is 0. The number of hydrogen-bond donors (Lipinski definition) is 2. The average molecular weight is 373 g/mol. The highest BCUT2D eigenvalue weighted by atomic mass is 16.2. The molecule has 0 radical (unpaired) electrons. The molecule has 3 rings (SSSR count). The van der Waals surface area contributed by atoms with Crippen LogP contribution in [0.4, 0.5) is 17.1 Å². The Hall–Kier alpha value is -3.60. The van der Waals surface area contributed by atoms with E-state index in [0.29, 0.717) is 17.8 Å². The van der Waals surface area contributed by atoms with Crippen molar-refractivity contribution < 1.29 is 9.59 Å². The summed E-state index contributed by atoms with van der Waals surface area (Å²) in [6, 6.07) is 26.0. The summed E-state index contributed by atoms with van der Waals surface area (Å²) in [4.78, 5) is 27.0. The number of amides is 2. The highest BCUT2D eigenvalue weighted by molar-refractivity contribution is 6.08. The van der Waals surface area contributed by atoms with Gasteiger partial charge in [0.25, 0.3) is 5.91 Å². The van der Waals surface area contributed by atoms with Gasteiger partial charge in [-0.2, -0.15) is 0 Å². The minimum atomic E-state index is -0.225. The van der Waals surface area contributed by atoms with Crippen LogP contribution in [0.3, 0.4) is 0 Å². The van der Waals surface area contributed by atoms with Crippen molar-refractivity contribution in [3.05, 3.63) is 90.5 Å². The standard InChI is InChI=1S/C23H23N3O2/c1-2-26(19-13-7-4-8-14-19)22(27)17-24-21-16-10-9-15-20(21)23(28)25-18-11-5-3-6-12-18/h3-16,24H,2,17H2,1H3,(H,25,28). The Morgan fingerprint density at radius 3 is 2.11 bits per heavy atom. The number of carbonyl (C=O) groups excluding carboxylic acids is 2. The van der Waals surface area contributed by atoms with Gasteiger partial charge in [-0.3, -0.25) is 9.59 Å². The molecule has 0 fully saturated rings. The Balaban J connectivity index is 1.69. The molecule has 3 aromatic carbocycles. The van der Waals surface area contributed by atoms with Crippen molar-refractivity contribution in [3.8, 4) is 0 Å². The fraction of sp³-hybridized carbons (Fsp3) is 0.130. The topological polar surface area (TPSA) is 61.4 Å². The first-order valence-electron chi connectivity index (χ1n) is 9.23. The summed E-state index contributed by atoms with van der Waals surface area (Å²) in [6.45, 7) is 2.60. The van der Waals surface area contributed by atoms with Gasteiger partial charge in [0.05, 0.1) is 12.1 Å². The molecule has 0 saturated carbocycles. The van der Waals surface area contributed by atoms with Crippen LogP contribution in [0.2, 0.25) is 0 Å². The Morgan fingerprint density at radius 2 is 1.43 bits per heavy atom. The molecule has 0 bridgehead atoms. The van der Waals surface area contributed by atoms with Gasteiger partial charge in [0, 0.05) is 23.6 Å². The molecule has 0 unspecified atom stereocenters. The normalized spacial score (nSPS) is 10.2. The van der Waals surface area contributed by atoms with E-state index < -0.39 is 0 Å². The molecule has 0 aliphatic rings. The van der Waals surface area contributed by atoms with Crippen LogP contribution in [0.15, 0.2) is 84.9 Å². The number of carbonyl (C=O) groups is 2. The highest BCUT2D eigenvalue weighted by Gasteiger charge is 2.16. The summed E-state index contributed by atoms with van der Waals surface area (Å²) in [5.74, 6) is -0.288. The van der Waals surface area contributed by atoms with Crippen LogP contribution in [-0.2, 0) is 4.79 Å². The van der Waals surface area contributed by atoms with E-state index in [2.05, 4.69) is 10.6 Å². The van der Waals surface area contributed by atoms with Gasteiger partial charge < -0.3 is 15.5 Å². The zero-order valence-corrected chi connectivity index (χ0v) is 15.8. The summed E-state index contributed by atoms with van der Waals surface area (Å²) >= 11 is 0. The van der Waals surface area contributed by atoms with Gasteiger partial charge in [0.2, 0.25) is 5.91 Å². The number of anilines is 3. The Bertz CT molecular complexity index is 927. The smallest absolute Gasteiger partial charge is 0.257 e. The van der Waals surface area contributed by atoms with E-state index in [1.165, 1.54) is 0 Å². The molecule has 142 valence electrons. The van der Waals surface area contributed by atoms with E-state index in [9.17, 15) is 9.59 Å². The van der Waals surface area contributed by atoms with Gasteiger partial charge in [-0.25, -0.2) is 0 Å². The van der Waals surface area contributed by atoms with Crippen LogP contribution >= 0.6 is 0 Å². The first-order chi connectivity index (χ1) is 13.7. The van der Waals surface area contributed by atoms with Crippen LogP contribution in [-0.4, -0.2) is 24.9 Å². The number of likely N-dealkylation sites (N-methyl/N-ethyl adjacent to an activating group) is 1. The molecule has 0 aliphatic carbocycles. The number of nitrogens with zero attached hydrogens (tertiary/aromatic N) is 1. The molecule has 28 heavy (non-hydrogen) atoms. The predicted octanol–water partition coefficient (Wildman–Crippen LogP) is 4.40. The van der Waals surface area contributed by atoms with Gasteiger partial charge in [-0.15, -0.1) is 0 Å². The second-order valence-corrected chi connectivity index (χ2v) is 6.19. The molecular weight excluding hydrogens is 350 g/mol. The molecule has 5 nitrogen and oxygen atoms in total. The quantitative estimate of drug-likeness (QED) is 0.645. The van der Waals surface area contributed by atoms with Crippen molar-refractivity contribution in [1.29, 1.82) is 0 Å². The number of hydrogen-bond acceptors (Lipinski definition) is 3. The Morgan fingerprint density at radius 1 is 0.821 bits per heavy atom. The lowest BCUT2D eigenvalue weighted by molar-refractivity contribution is -0.116. The van der Waals surface area contributed by atoms with Crippen LogP contribution in [0, 0.1) is 0 Å². The summed E-state index contributed by atoms with van der Waals surface area (Å²) in [7, 11) is 0. The fourth-order valence-electron chi connectivity index (χ4n) is 2.93. The monoisotopic (exact) mass is 373 g/mol. The predicted molar refractivity (Wildman–Crippen MR) is 114 cm³/mol.